The predicted molar refractivity (Wildman–Crippen MR) is 179 cm³/mol. The van der Waals surface area contributed by atoms with Gasteiger partial charge in [-0.25, -0.2) is 0 Å². The molecule has 1 aliphatic rings. The molecule has 42 heavy (non-hydrogen) atoms. The molecule has 3 heterocycles. The molecule has 0 amide bonds. The van der Waals surface area contributed by atoms with E-state index in [4.69, 9.17) is 9.47 Å². The molecule has 2 atom stereocenters. The molecular weight excluding hydrogens is 544 g/mol. The van der Waals surface area contributed by atoms with Crippen LogP contribution in [0.25, 0.3) is 16.6 Å². The average Bonchev–Trinajstić information content (AvgIpc) is 3.44. The van der Waals surface area contributed by atoms with Crippen LogP contribution in [0.3, 0.4) is 0 Å². The second-order valence-electron chi connectivity index (χ2n) is 9.93. The van der Waals surface area contributed by atoms with Gasteiger partial charge >= 0.3 is 0 Å². The number of thiol groups is 1. The molecule has 0 radical (unpaired) electrons. The molecule has 8 heteroatoms. The summed E-state index contributed by atoms with van der Waals surface area (Å²) in [5.74, 6) is 0.561. The summed E-state index contributed by atoms with van der Waals surface area (Å²) in [5, 5.41) is 5.62. The fourth-order valence-electron chi connectivity index (χ4n) is 4.59. The van der Waals surface area contributed by atoms with Crippen molar-refractivity contribution in [2.24, 2.45) is 0 Å². The Hall–Kier alpha value is -3.07. The van der Waals surface area contributed by atoms with Gasteiger partial charge in [-0.15, -0.1) is 0 Å². The minimum absolute atomic E-state index is 0.132. The third kappa shape index (κ3) is 10.0. The molecule has 4 aromatic rings. The second kappa shape index (κ2) is 19.2. The number of benzene rings is 2. The van der Waals surface area contributed by atoms with Gasteiger partial charge in [0.05, 0.1) is 31.5 Å². The molecule has 0 saturated carbocycles. The number of fused-ring (bicyclic) bond motifs is 1. The van der Waals surface area contributed by atoms with E-state index >= 15 is 0 Å². The maximum Gasteiger partial charge on any atom is 0.258 e. The molecule has 0 N–H and O–H groups in total. The monoisotopic (exact) mass is 594 g/mol. The molecule has 1 aliphatic heterocycles. The molecule has 2 aromatic heterocycles. The normalized spacial score (nSPS) is 16.3. The maximum absolute atomic E-state index is 12.8. The summed E-state index contributed by atoms with van der Waals surface area (Å²) in [5.41, 5.74) is 2.80. The minimum Gasteiger partial charge on any atom is -0.489 e. The third-order valence-corrected chi connectivity index (χ3v) is 6.96. The highest BCUT2D eigenvalue weighted by Gasteiger charge is 2.25. The van der Waals surface area contributed by atoms with Crippen LogP contribution in [0.15, 0.2) is 77.9 Å². The van der Waals surface area contributed by atoms with Crippen molar-refractivity contribution in [3.05, 3.63) is 89.0 Å². The molecule has 7 nitrogen and oxygen atoms in total. The van der Waals surface area contributed by atoms with Crippen molar-refractivity contribution in [2.75, 3.05) is 26.0 Å². The first kappa shape index (κ1) is 35.1. The molecule has 0 bridgehead atoms. The number of ether oxygens (including phenoxy) is 2. The van der Waals surface area contributed by atoms with Gasteiger partial charge in [0.1, 0.15) is 12.4 Å². The number of rotatable bonds is 8. The van der Waals surface area contributed by atoms with E-state index in [1.54, 1.807) is 17.0 Å². The Balaban J connectivity index is 0.000000699. The third-order valence-electron chi connectivity index (χ3n) is 6.96. The Labute approximate surface area is 257 Å². The van der Waals surface area contributed by atoms with Gasteiger partial charge in [-0.05, 0) is 49.9 Å². The SMILES string of the molecule is CC.CC1COCC(C)N1CCn1ncc2cc(-n3ccc(OCc4ccccc4)cc3=O)ccc21.CCCC.CS. The summed E-state index contributed by atoms with van der Waals surface area (Å²) in [4.78, 5) is 15.3. The number of unbranched alkanes of at least 4 members (excludes halogenated alkanes) is 1. The van der Waals surface area contributed by atoms with Gasteiger partial charge in [0, 0.05) is 42.0 Å². The van der Waals surface area contributed by atoms with Crippen LogP contribution in [0.2, 0.25) is 0 Å². The van der Waals surface area contributed by atoms with Crippen molar-refractivity contribution in [3.63, 3.8) is 0 Å². The van der Waals surface area contributed by atoms with Crippen LogP contribution in [0.1, 0.15) is 59.9 Å². The van der Waals surface area contributed by atoms with Gasteiger partial charge in [0.2, 0.25) is 0 Å². The van der Waals surface area contributed by atoms with Crippen molar-refractivity contribution in [2.45, 2.75) is 79.6 Å². The second-order valence-corrected chi connectivity index (χ2v) is 9.93. The standard InChI is InChI=1S/C27H30N4O3.C4H10.C2H6.CH4S/c1-20-17-33-18-21(2)29(20)12-13-31-26-9-8-24(14-23(26)16-28-31)30-11-10-25(15-27(30)32)34-19-22-6-4-3-5-7-22;1-3-4-2;2*1-2/h3-11,14-16,20-21H,12-13,17-19H2,1-2H3;3-4H2,1-2H3;1-2H3;2H,1H3. The Morgan fingerprint density at radius 1 is 0.929 bits per heavy atom. The topological polar surface area (TPSA) is 61.5 Å². The summed E-state index contributed by atoms with van der Waals surface area (Å²) in [6, 6.07) is 20.1. The van der Waals surface area contributed by atoms with E-state index in [-0.39, 0.29) is 5.56 Å². The summed E-state index contributed by atoms with van der Waals surface area (Å²) in [6.45, 7) is 16.5. The zero-order chi connectivity index (χ0) is 30.9. The average molecular weight is 595 g/mol. The van der Waals surface area contributed by atoms with Crippen LogP contribution in [0.5, 0.6) is 5.75 Å². The van der Waals surface area contributed by atoms with Gasteiger partial charge in [0.25, 0.3) is 5.56 Å². The first-order valence-electron chi connectivity index (χ1n) is 15.1. The molecule has 2 unspecified atom stereocenters. The van der Waals surface area contributed by atoms with E-state index < -0.39 is 0 Å². The van der Waals surface area contributed by atoms with Crippen molar-refractivity contribution in [3.8, 4) is 11.4 Å². The smallest absolute Gasteiger partial charge is 0.258 e. The highest BCUT2D eigenvalue weighted by atomic mass is 32.1. The molecule has 2 aromatic carbocycles. The van der Waals surface area contributed by atoms with Crippen LogP contribution < -0.4 is 10.3 Å². The number of nitrogens with zero attached hydrogens (tertiary/aromatic N) is 4. The van der Waals surface area contributed by atoms with Crippen LogP contribution in [-0.2, 0) is 17.9 Å². The summed E-state index contributed by atoms with van der Waals surface area (Å²) >= 11 is 3.53. The lowest BCUT2D eigenvalue weighted by molar-refractivity contribution is -0.0380. The zero-order valence-electron chi connectivity index (χ0n) is 26.5. The van der Waals surface area contributed by atoms with Crippen LogP contribution in [0, 0.1) is 0 Å². The van der Waals surface area contributed by atoms with Gasteiger partial charge in [-0.2, -0.15) is 17.7 Å². The van der Waals surface area contributed by atoms with E-state index in [0.717, 1.165) is 48.5 Å². The van der Waals surface area contributed by atoms with Gasteiger partial charge < -0.3 is 9.47 Å². The minimum atomic E-state index is -0.132. The Morgan fingerprint density at radius 2 is 1.60 bits per heavy atom. The Kier molecular flexibility index (Phi) is 16.0. The number of pyridine rings is 1. The van der Waals surface area contributed by atoms with E-state index in [0.29, 0.717) is 24.4 Å². The number of morpholine rings is 1. The van der Waals surface area contributed by atoms with Gasteiger partial charge in [-0.3, -0.25) is 18.9 Å². The van der Waals surface area contributed by atoms with Crippen molar-refractivity contribution < 1.29 is 9.47 Å². The van der Waals surface area contributed by atoms with Crippen LogP contribution in [0.4, 0.5) is 0 Å². The number of hydrogen-bond donors (Lipinski definition) is 1. The quantitative estimate of drug-likeness (QED) is 0.218. The van der Waals surface area contributed by atoms with E-state index in [1.165, 1.54) is 18.9 Å². The lowest BCUT2D eigenvalue weighted by Crippen LogP contribution is -2.50. The molecule has 1 fully saturated rings. The fraction of sp³-hybridized carbons (Fsp3) is 0.471. The fourth-order valence-corrected chi connectivity index (χ4v) is 4.59. The van der Waals surface area contributed by atoms with E-state index in [9.17, 15) is 4.79 Å². The molecule has 5 rings (SSSR count). The molecular formula is C34H50N4O3S. The molecule has 0 spiro atoms. The van der Waals surface area contributed by atoms with Gasteiger partial charge in [-0.1, -0.05) is 70.9 Å². The van der Waals surface area contributed by atoms with E-state index in [2.05, 4.69) is 50.3 Å². The number of aromatic nitrogens is 3. The highest BCUT2D eigenvalue weighted by molar-refractivity contribution is 7.79. The number of hydrogen-bond acceptors (Lipinski definition) is 6. The van der Waals surface area contributed by atoms with Crippen molar-refractivity contribution >= 4 is 23.5 Å². The summed E-state index contributed by atoms with van der Waals surface area (Å²) in [7, 11) is 0. The highest BCUT2D eigenvalue weighted by Crippen LogP contribution is 2.20. The van der Waals surface area contributed by atoms with E-state index in [1.807, 2.05) is 79.3 Å². The first-order valence-corrected chi connectivity index (χ1v) is 16.0. The zero-order valence-corrected chi connectivity index (χ0v) is 27.4. The van der Waals surface area contributed by atoms with Crippen LogP contribution in [-0.4, -0.2) is 57.3 Å². The Bertz CT molecular complexity index is 1340. The summed E-state index contributed by atoms with van der Waals surface area (Å²) < 4.78 is 15.1. The van der Waals surface area contributed by atoms with Gasteiger partial charge in [0.15, 0.2) is 0 Å². The predicted octanol–water partition coefficient (Wildman–Crippen LogP) is 7.25. The van der Waals surface area contributed by atoms with Crippen LogP contribution >= 0.6 is 12.6 Å². The maximum atomic E-state index is 12.8. The molecule has 1 saturated heterocycles. The first-order chi connectivity index (χ1) is 20.5. The lowest BCUT2D eigenvalue weighted by Gasteiger charge is -2.38. The lowest BCUT2D eigenvalue weighted by atomic mass is 10.2. The Morgan fingerprint density at radius 3 is 2.21 bits per heavy atom. The molecule has 230 valence electrons. The van der Waals surface area contributed by atoms with Crippen molar-refractivity contribution in [1.29, 1.82) is 0 Å². The largest absolute Gasteiger partial charge is 0.489 e. The molecule has 0 aliphatic carbocycles. The van der Waals surface area contributed by atoms with Crippen molar-refractivity contribution in [1.82, 2.24) is 19.2 Å². The summed E-state index contributed by atoms with van der Waals surface area (Å²) in [6.07, 6.45) is 7.96.